The molecule has 4 N–H and O–H groups in total. The number of nitrogens with zero attached hydrogens (tertiary/aromatic N) is 1. The summed E-state index contributed by atoms with van der Waals surface area (Å²) in [5.74, 6) is -0.401. The molecule has 0 radical (unpaired) electrons. The molecule has 2 aromatic rings. The first-order valence-corrected chi connectivity index (χ1v) is 6.47. The summed E-state index contributed by atoms with van der Waals surface area (Å²) in [6, 6.07) is 15.2. The average Bonchev–Trinajstić information content (AvgIpc) is 2.42. The molecule has 2 aromatic carbocycles. The standard InChI is InChI=1S/C16H19N3O/c1-19(11-14-4-2-3-5-15(14)17)10-12-6-8-13(9-7-12)16(18)20/h2-9H,10-11,17H2,1H3,(H2,18,20). The minimum atomic E-state index is -0.401. The summed E-state index contributed by atoms with van der Waals surface area (Å²) in [7, 11) is 2.04. The largest absolute Gasteiger partial charge is 0.398 e. The first kappa shape index (κ1) is 14.1. The smallest absolute Gasteiger partial charge is 0.248 e. The summed E-state index contributed by atoms with van der Waals surface area (Å²) < 4.78 is 0. The molecule has 4 heteroatoms. The predicted octanol–water partition coefficient (Wildman–Crippen LogP) is 2.00. The number of nitrogens with two attached hydrogens (primary N) is 2. The van der Waals surface area contributed by atoms with Gasteiger partial charge in [0, 0.05) is 24.3 Å². The third-order valence-electron chi connectivity index (χ3n) is 3.19. The lowest BCUT2D eigenvalue weighted by Gasteiger charge is -2.18. The average molecular weight is 269 g/mol. The number of carbonyl (C=O) groups is 1. The number of anilines is 1. The Balaban J connectivity index is 1.99. The van der Waals surface area contributed by atoms with Crippen LogP contribution in [0.25, 0.3) is 0 Å². The van der Waals surface area contributed by atoms with Gasteiger partial charge < -0.3 is 11.5 Å². The number of hydrogen-bond donors (Lipinski definition) is 2. The van der Waals surface area contributed by atoms with Gasteiger partial charge in [-0.25, -0.2) is 0 Å². The van der Waals surface area contributed by atoms with Crippen LogP contribution in [0.5, 0.6) is 0 Å². The van der Waals surface area contributed by atoms with Gasteiger partial charge in [0.1, 0.15) is 0 Å². The molecule has 0 aliphatic carbocycles. The number of nitrogen functional groups attached to an aromatic ring is 1. The summed E-state index contributed by atoms with van der Waals surface area (Å²) in [5, 5.41) is 0. The molecule has 20 heavy (non-hydrogen) atoms. The number of amides is 1. The Hall–Kier alpha value is -2.33. The Morgan fingerprint density at radius 1 is 1.05 bits per heavy atom. The molecule has 0 saturated heterocycles. The zero-order valence-corrected chi connectivity index (χ0v) is 11.5. The van der Waals surface area contributed by atoms with Gasteiger partial charge in [0.05, 0.1) is 0 Å². The van der Waals surface area contributed by atoms with Gasteiger partial charge in [0.25, 0.3) is 0 Å². The van der Waals surface area contributed by atoms with E-state index in [9.17, 15) is 4.79 Å². The van der Waals surface area contributed by atoms with Crippen molar-refractivity contribution >= 4 is 11.6 Å². The maximum atomic E-state index is 11.0. The summed E-state index contributed by atoms with van der Waals surface area (Å²) in [6.07, 6.45) is 0. The maximum Gasteiger partial charge on any atom is 0.248 e. The van der Waals surface area contributed by atoms with Gasteiger partial charge in [-0.3, -0.25) is 9.69 Å². The van der Waals surface area contributed by atoms with Crippen LogP contribution in [0.2, 0.25) is 0 Å². The van der Waals surface area contributed by atoms with E-state index < -0.39 is 5.91 Å². The van der Waals surface area contributed by atoms with Crippen molar-refractivity contribution in [2.45, 2.75) is 13.1 Å². The van der Waals surface area contributed by atoms with Crippen LogP contribution in [0.1, 0.15) is 21.5 Å². The fraction of sp³-hybridized carbons (Fsp3) is 0.188. The molecule has 0 aliphatic heterocycles. The van der Waals surface area contributed by atoms with Crippen LogP contribution in [-0.4, -0.2) is 17.9 Å². The van der Waals surface area contributed by atoms with Crippen LogP contribution >= 0.6 is 0 Å². The van der Waals surface area contributed by atoms with Crippen LogP contribution < -0.4 is 11.5 Å². The molecule has 0 atom stereocenters. The zero-order chi connectivity index (χ0) is 14.5. The first-order valence-electron chi connectivity index (χ1n) is 6.47. The van der Waals surface area contributed by atoms with E-state index in [0.29, 0.717) is 5.56 Å². The van der Waals surface area contributed by atoms with Crippen molar-refractivity contribution in [3.05, 3.63) is 65.2 Å². The molecular weight excluding hydrogens is 250 g/mol. The first-order chi connectivity index (χ1) is 9.56. The van der Waals surface area contributed by atoms with E-state index in [1.807, 2.05) is 43.4 Å². The monoisotopic (exact) mass is 269 g/mol. The van der Waals surface area contributed by atoms with Crippen LogP contribution in [0.4, 0.5) is 5.69 Å². The topological polar surface area (TPSA) is 72.3 Å². The van der Waals surface area contributed by atoms with E-state index in [0.717, 1.165) is 29.9 Å². The molecule has 0 fully saturated rings. The van der Waals surface area contributed by atoms with Gasteiger partial charge in [-0.1, -0.05) is 30.3 Å². The molecular formula is C16H19N3O. The molecule has 0 heterocycles. The molecule has 104 valence electrons. The van der Waals surface area contributed by atoms with Crippen molar-refractivity contribution in [2.24, 2.45) is 5.73 Å². The van der Waals surface area contributed by atoms with Gasteiger partial charge in [0.2, 0.25) is 5.91 Å². The molecule has 0 aromatic heterocycles. The van der Waals surface area contributed by atoms with E-state index in [4.69, 9.17) is 11.5 Å². The highest BCUT2D eigenvalue weighted by Crippen LogP contribution is 2.14. The van der Waals surface area contributed by atoms with E-state index in [-0.39, 0.29) is 0 Å². The van der Waals surface area contributed by atoms with Crippen LogP contribution in [0.3, 0.4) is 0 Å². The van der Waals surface area contributed by atoms with E-state index in [2.05, 4.69) is 4.90 Å². The predicted molar refractivity (Wildman–Crippen MR) is 81.0 cm³/mol. The summed E-state index contributed by atoms with van der Waals surface area (Å²) in [4.78, 5) is 13.2. The number of hydrogen-bond acceptors (Lipinski definition) is 3. The van der Waals surface area contributed by atoms with Crippen LogP contribution in [-0.2, 0) is 13.1 Å². The quantitative estimate of drug-likeness (QED) is 0.815. The minimum absolute atomic E-state index is 0.401. The number of primary amides is 1. The lowest BCUT2D eigenvalue weighted by Crippen LogP contribution is -2.18. The lowest BCUT2D eigenvalue weighted by molar-refractivity contribution is 0.100. The number of para-hydroxylation sites is 1. The number of benzene rings is 2. The van der Waals surface area contributed by atoms with Crippen LogP contribution in [0.15, 0.2) is 48.5 Å². The maximum absolute atomic E-state index is 11.0. The fourth-order valence-electron chi connectivity index (χ4n) is 2.11. The molecule has 0 bridgehead atoms. The molecule has 0 spiro atoms. The second-order valence-corrected chi connectivity index (χ2v) is 4.93. The van der Waals surface area contributed by atoms with E-state index in [1.165, 1.54) is 0 Å². The fourth-order valence-corrected chi connectivity index (χ4v) is 2.11. The Kier molecular flexibility index (Phi) is 4.38. The molecule has 1 amide bonds. The van der Waals surface area contributed by atoms with Gasteiger partial charge in [-0.05, 0) is 36.4 Å². The highest BCUT2D eigenvalue weighted by molar-refractivity contribution is 5.92. The number of rotatable bonds is 5. The van der Waals surface area contributed by atoms with Crippen LogP contribution in [0, 0.1) is 0 Å². The van der Waals surface area contributed by atoms with Gasteiger partial charge >= 0.3 is 0 Å². The Morgan fingerprint density at radius 2 is 1.70 bits per heavy atom. The zero-order valence-electron chi connectivity index (χ0n) is 11.5. The lowest BCUT2D eigenvalue weighted by atomic mass is 10.1. The van der Waals surface area contributed by atoms with Gasteiger partial charge in [-0.2, -0.15) is 0 Å². The molecule has 2 rings (SSSR count). The second kappa shape index (κ2) is 6.21. The highest BCUT2D eigenvalue weighted by Gasteiger charge is 2.05. The van der Waals surface area contributed by atoms with Gasteiger partial charge in [0.15, 0.2) is 0 Å². The van der Waals surface area contributed by atoms with E-state index >= 15 is 0 Å². The van der Waals surface area contributed by atoms with Crippen molar-refractivity contribution in [3.63, 3.8) is 0 Å². The van der Waals surface area contributed by atoms with Crippen molar-refractivity contribution in [3.8, 4) is 0 Å². The Morgan fingerprint density at radius 3 is 2.30 bits per heavy atom. The Labute approximate surface area is 119 Å². The summed E-state index contributed by atoms with van der Waals surface area (Å²) in [6.45, 7) is 1.57. The second-order valence-electron chi connectivity index (χ2n) is 4.93. The molecule has 4 nitrogen and oxygen atoms in total. The summed E-state index contributed by atoms with van der Waals surface area (Å²) in [5.41, 5.74) is 14.7. The molecule has 0 aliphatic rings. The number of carbonyl (C=O) groups excluding carboxylic acids is 1. The molecule has 0 saturated carbocycles. The van der Waals surface area contributed by atoms with Crippen molar-refractivity contribution < 1.29 is 4.79 Å². The highest BCUT2D eigenvalue weighted by atomic mass is 16.1. The normalized spacial score (nSPS) is 10.7. The molecule has 0 unspecified atom stereocenters. The minimum Gasteiger partial charge on any atom is -0.398 e. The SMILES string of the molecule is CN(Cc1ccc(C(N)=O)cc1)Cc1ccccc1N. The van der Waals surface area contributed by atoms with Crippen molar-refractivity contribution in [2.75, 3.05) is 12.8 Å². The van der Waals surface area contributed by atoms with E-state index in [1.54, 1.807) is 12.1 Å². The Bertz CT molecular complexity index is 593. The third kappa shape index (κ3) is 3.59. The van der Waals surface area contributed by atoms with Gasteiger partial charge in [-0.15, -0.1) is 0 Å². The van der Waals surface area contributed by atoms with Crippen molar-refractivity contribution in [1.29, 1.82) is 0 Å². The third-order valence-corrected chi connectivity index (χ3v) is 3.19. The van der Waals surface area contributed by atoms with Crippen molar-refractivity contribution in [1.82, 2.24) is 4.90 Å². The summed E-state index contributed by atoms with van der Waals surface area (Å²) >= 11 is 0.